The third-order valence-electron chi connectivity index (χ3n) is 3.85. The number of aromatic amines is 1. The summed E-state index contributed by atoms with van der Waals surface area (Å²) in [5, 5.41) is 18.6. The average Bonchev–Trinajstić information content (AvgIpc) is 2.92. The number of aliphatic hydroxyl groups is 2. The highest BCUT2D eigenvalue weighted by molar-refractivity contribution is 5.64. The molecular weight excluding hydrogens is 302 g/mol. The molecule has 0 saturated carbocycles. The number of nitrogens with zero attached hydrogens (tertiary/aromatic N) is 3. The van der Waals surface area contributed by atoms with Crippen molar-refractivity contribution in [1.82, 2.24) is 14.1 Å². The van der Waals surface area contributed by atoms with Crippen LogP contribution in [0, 0.1) is 0 Å². The van der Waals surface area contributed by atoms with Crippen molar-refractivity contribution in [1.29, 1.82) is 0 Å². The summed E-state index contributed by atoms with van der Waals surface area (Å²) in [6, 6.07) is 0. The van der Waals surface area contributed by atoms with Gasteiger partial charge < -0.3 is 15.1 Å². The van der Waals surface area contributed by atoms with E-state index in [2.05, 4.69) is 4.98 Å². The van der Waals surface area contributed by atoms with Crippen LogP contribution in [0.15, 0.2) is 15.9 Å². The first-order valence-corrected chi connectivity index (χ1v) is 7.65. The molecule has 0 aromatic carbocycles. The molecule has 9 heteroatoms. The molecule has 2 heterocycles. The molecule has 0 spiro atoms. The topological polar surface area (TPSA) is 109 Å². The predicted octanol–water partition coefficient (Wildman–Crippen LogP) is -3.80. The number of aryl methyl sites for hydroxylation is 1. The molecule has 0 aliphatic rings. The van der Waals surface area contributed by atoms with Gasteiger partial charge in [0.15, 0.2) is 0 Å². The summed E-state index contributed by atoms with van der Waals surface area (Å²) >= 11 is 0. The molecule has 1 atom stereocenters. The summed E-state index contributed by atoms with van der Waals surface area (Å²) in [6.45, 7) is 0.876. The van der Waals surface area contributed by atoms with Gasteiger partial charge in [0.1, 0.15) is 12.6 Å². The van der Waals surface area contributed by atoms with Gasteiger partial charge in [0.25, 0.3) is 11.2 Å². The van der Waals surface area contributed by atoms with Crippen molar-refractivity contribution in [2.24, 2.45) is 7.05 Å². The van der Waals surface area contributed by atoms with Gasteiger partial charge >= 0.3 is 11.2 Å². The Labute approximate surface area is 133 Å². The standard InChI is InChI=1S/C14H23N5O4/c1-16(2)5-4-6-19-13(22)11-12(17(3)14(19)23)15-9-18(11)7-10(21)8-20/h9-10,20-21H,4-8H2,1-3H3/p+2. The summed E-state index contributed by atoms with van der Waals surface area (Å²) in [5.74, 6) is 0. The molecule has 1 unspecified atom stereocenters. The highest BCUT2D eigenvalue weighted by atomic mass is 16.3. The fraction of sp³-hybridized carbons (Fsp3) is 0.643. The number of rotatable bonds is 7. The Hall–Kier alpha value is -1.97. The quantitative estimate of drug-likeness (QED) is 0.391. The van der Waals surface area contributed by atoms with Crippen molar-refractivity contribution in [2.45, 2.75) is 25.6 Å². The van der Waals surface area contributed by atoms with E-state index in [4.69, 9.17) is 5.11 Å². The van der Waals surface area contributed by atoms with Crippen LogP contribution in [-0.4, -0.2) is 57.7 Å². The molecule has 23 heavy (non-hydrogen) atoms. The van der Waals surface area contributed by atoms with E-state index in [0.29, 0.717) is 24.1 Å². The molecule has 0 bridgehead atoms. The second-order valence-electron chi connectivity index (χ2n) is 6.07. The third-order valence-corrected chi connectivity index (χ3v) is 3.85. The number of quaternary nitrogens is 1. The number of aromatic nitrogens is 4. The minimum absolute atomic E-state index is 0.0752. The van der Waals surface area contributed by atoms with Crippen molar-refractivity contribution < 1.29 is 19.7 Å². The van der Waals surface area contributed by atoms with Crippen LogP contribution < -0.4 is 20.7 Å². The van der Waals surface area contributed by atoms with Gasteiger partial charge in [-0.15, -0.1) is 0 Å². The van der Waals surface area contributed by atoms with Crippen LogP contribution >= 0.6 is 0 Å². The molecule has 0 aliphatic carbocycles. The Morgan fingerprint density at radius 1 is 1.39 bits per heavy atom. The number of nitrogens with one attached hydrogen (secondary N) is 2. The van der Waals surface area contributed by atoms with Gasteiger partial charge in [0.2, 0.25) is 6.33 Å². The lowest BCUT2D eigenvalue weighted by molar-refractivity contribution is -0.858. The summed E-state index contributed by atoms with van der Waals surface area (Å²) in [5.41, 5.74) is -0.0346. The number of aliphatic hydroxyl groups excluding tert-OH is 2. The maximum absolute atomic E-state index is 12.7. The Kier molecular flexibility index (Phi) is 5.34. The molecule has 0 fully saturated rings. The van der Waals surface area contributed by atoms with Gasteiger partial charge in [-0.25, -0.2) is 14.3 Å². The van der Waals surface area contributed by atoms with Crippen LogP contribution in [0.2, 0.25) is 0 Å². The van der Waals surface area contributed by atoms with E-state index in [9.17, 15) is 14.7 Å². The largest absolute Gasteiger partial charge is 0.394 e. The summed E-state index contributed by atoms with van der Waals surface area (Å²) < 4.78 is 4.15. The SMILES string of the molecule is Cn1c(=O)n(CCC[NH+](C)C)c(=O)c2c1[nH]c[n+]2CC(O)CO. The van der Waals surface area contributed by atoms with Crippen molar-refractivity contribution in [3.05, 3.63) is 27.2 Å². The van der Waals surface area contributed by atoms with E-state index in [1.54, 1.807) is 7.05 Å². The Morgan fingerprint density at radius 3 is 2.70 bits per heavy atom. The maximum atomic E-state index is 12.7. The minimum Gasteiger partial charge on any atom is -0.394 e. The number of fused-ring (bicyclic) bond motifs is 1. The monoisotopic (exact) mass is 327 g/mol. The number of H-pyrrole nitrogens is 1. The first-order valence-electron chi connectivity index (χ1n) is 7.65. The van der Waals surface area contributed by atoms with Gasteiger partial charge in [0, 0.05) is 20.0 Å². The zero-order chi connectivity index (χ0) is 17.1. The van der Waals surface area contributed by atoms with E-state index in [0.717, 1.165) is 6.54 Å². The van der Waals surface area contributed by atoms with Gasteiger partial charge in [-0.2, -0.15) is 0 Å². The molecule has 2 aromatic rings. The third kappa shape index (κ3) is 3.52. The Morgan fingerprint density at radius 2 is 2.09 bits per heavy atom. The molecule has 0 saturated heterocycles. The lowest BCUT2D eigenvalue weighted by Gasteiger charge is -2.09. The molecule has 2 rings (SSSR count). The van der Waals surface area contributed by atoms with Crippen molar-refractivity contribution in [3.63, 3.8) is 0 Å². The average molecular weight is 327 g/mol. The maximum Gasteiger partial charge on any atom is 0.334 e. The van der Waals surface area contributed by atoms with Crippen molar-refractivity contribution in [2.75, 3.05) is 27.2 Å². The number of hydrogen-bond donors (Lipinski definition) is 4. The summed E-state index contributed by atoms with van der Waals surface area (Å²) in [6.07, 6.45) is 1.27. The van der Waals surface area contributed by atoms with Crippen LogP contribution in [0.25, 0.3) is 11.2 Å². The molecule has 0 aliphatic heterocycles. The van der Waals surface area contributed by atoms with E-state index >= 15 is 0 Å². The van der Waals surface area contributed by atoms with E-state index < -0.39 is 12.7 Å². The van der Waals surface area contributed by atoms with E-state index in [-0.39, 0.29) is 17.8 Å². The summed E-state index contributed by atoms with van der Waals surface area (Å²) in [4.78, 5) is 29.2. The van der Waals surface area contributed by atoms with Crippen LogP contribution in [0.5, 0.6) is 0 Å². The lowest BCUT2D eigenvalue weighted by Crippen LogP contribution is -3.05. The molecule has 9 nitrogen and oxygen atoms in total. The van der Waals surface area contributed by atoms with Gasteiger partial charge in [0.05, 0.1) is 27.2 Å². The van der Waals surface area contributed by atoms with Crippen LogP contribution in [0.4, 0.5) is 0 Å². The molecule has 0 amide bonds. The molecule has 2 aromatic heterocycles. The van der Waals surface area contributed by atoms with Gasteiger partial charge in [-0.3, -0.25) is 13.9 Å². The second kappa shape index (κ2) is 7.07. The zero-order valence-electron chi connectivity index (χ0n) is 13.7. The smallest absolute Gasteiger partial charge is 0.334 e. The zero-order valence-corrected chi connectivity index (χ0v) is 13.7. The minimum atomic E-state index is -0.971. The Bertz CT molecular complexity index is 789. The van der Waals surface area contributed by atoms with Crippen molar-refractivity contribution >= 4 is 11.2 Å². The van der Waals surface area contributed by atoms with Crippen LogP contribution in [0.1, 0.15) is 6.42 Å². The molecule has 4 N–H and O–H groups in total. The second-order valence-corrected chi connectivity index (χ2v) is 6.07. The number of hydrogen-bond acceptors (Lipinski definition) is 4. The normalized spacial score (nSPS) is 13.1. The first-order chi connectivity index (χ1) is 10.9. The first kappa shape index (κ1) is 17.4. The number of imidazole rings is 1. The fourth-order valence-electron chi connectivity index (χ4n) is 2.60. The fourth-order valence-corrected chi connectivity index (χ4v) is 2.60. The molecular formula is C14H25N5O4+2. The van der Waals surface area contributed by atoms with Crippen LogP contribution in [0.3, 0.4) is 0 Å². The predicted molar refractivity (Wildman–Crippen MR) is 83.4 cm³/mol. The Balaban J connectivity index is 2.49. The summed E-state index contributed by atoms with van der Waals surface area (Å²) in [7, 11) is 5.63. The van der Waals surface area contributed by atoms with E-state index in [1.807, 2.05) is 14.1 Å². The lowest BCUT2D eigenvalue weighted by atomic mass is 10.3. The van der Waals surface area contributed by atoms with E-state index in [1.165, 1.54) is 24.9 Å². The molecule has 128 valence electrons. The molecule has 0 radical (unpaired) electrons. The van der Waals surface area contributed by atoms with Gasteiger partial charge in [-0.1, -0.05) is 0 Å². The van der Waals surface area contributed by atoms with Crippen molar-refractivity contribution in [3.8, 4) is 0 Å². The van der Waals surface area contributed by atoms with Gasteiger partial charge in [-0.05, 0) is 0 Å². The van der Waals surface area contributed by atoms with Crippen LogP contribution in [-0.2, 0) is 20.1 Å². The highest BCUT2D eigenvalue weighted by Crippen LogP contribution is 1.99. The highest BCUT2D eigenvalue weighted by Gasteiger charge is 2.22.